The molecule has 78 valence electrons. The Bertz CT molecular complexity index is 395. The van der Waals surface area contributed by atoms with Gasteiger partial charge in [0.25, 0.3) is 0 Å². The molecule has 1 aliphatic rings. The van der Waals surface area contributed by atoms with Gasteiger partial charge >= 0.3 is 0 Å². The first-order chi connectivity index (χ1) is 7.36. The normalized spacial score (nSPS) is 23.5. The summed E-state index contributed by atoms with van der Waals surface area (Å²) < 4.78 is 0. The molecular weight excluding hydrogens is 188 g/mol. The zero-order valence-electron chi connectivity index (χ0n) is 8.72. The number of nitrogens with zero attached hydrogens (tertiary/aromatic N) is 3. The lowest BCUT2D eigenvalue weighted by atomic mass is 9.87. The van der Waals surface area contributed by atoms with Crippen molar-refractivity contribution >= 4 is 5.69 Å². The average molecular weight is 202 g/mol. The lowest BCUT2D eigenvalue weighted by molar-refractivity contribution is 0.426. The Balaban J connectivity index is 2.42. The number of hydrogen-bond donors (Lipinski definition) is 1. The van der Waals surface area contributed by atoms with Crippen molar-refractivity contribution in [2.75, 3.05) is 11.9 Å². The molecule has 1 aliphatic heterocycles. The highest BCUT2D eigenvalue weighted by molar-refractivity contribution is 5.55. The van der Waals surface area contributed by atoms with Crippen molar-refractivity contribution in [2.45, 2.75) is 19.4 Å². The van der Waals surface area contributed by atoms with Gasteiger partial charge in [0.05, 0.1) is 6.04 Å². The van der Waals surface area contributed by atoms with Gasteiger partial charge in [-0.25, -0.2) is 0 Å². The quantitative estimate of drug-likeness (QED) is 0.445. The molecule has 0 saturated heterocycles. The van der Waals surface area contributed by atoms with E-state index in [0.717, 1.165) is 24.2 Å². The van der Waals surface area contributed by atoms with Crippen molar-refractivity contribution in [3.63, 3.8) is 0 Å². The highest BCUT2D eigenvalue weighted by Crippen LogP contribution is 2.37. The number of azide groups is 1. The number of para-hydroxylation sites is 1. The molecule has 0 aliphatic carbocycles. The number of rotatable bonds is 2. The average Bonchev–Trinajstić information content (AvgIpc) is 2.30. The van der Waals surface area contributed by atoms with Crippen LogP contribution in [-0.2, 0) is 0 Å². The van der Waals surface area contributed by atoms with Crippen molar-refractivity contribution in [3.05, 3.63) is 40.3 Å². The molecule has 0 amide bonds. The third-order valence-electron chi connectivity index (χ3n) is 2.98. The summed E-state index contributed by atoms with van der Waals surface area (Å²) in [6.07, 6.45) is 1.02. The van der Waals surface area contributed by atoms with Crippen molar-refractivity contribution < 1.29 is 0 Å². The second-order valence-electron chi connectivity index (χ2n) is 3.79. The van der Waals surface area contributed by atoms with Gasteiger partial charge in [-0.05, 0) is 23.1 Å². The van der Waals surface area contributed by atoms with Crippen molar-refractivity contribution in [2.24, 2.45) is 11.0 Å². The van der Waals surface area contributed by atoms with Crippen molar-refractivity contribution in [1.29, 1.82) is 0 Å². The first kappa shape index (κ1) is 9.87. The monoisotopic (exact) mass is 202 g/mol. The van der Waals surface area contributed by atoms with Gasteiger partial charge in [-0.1, -0.05) is 36.7 Å². The van der Waals surface area contributed by atoms with Gasteiger partial charge in [-0.2, -0.15) is 0 Å². The van der Waals surface area contributed by atoms with Crippen LogP contribution in [0.4, 0.5) is 5.69 Å². The molecule has 4 nitrogen and oxygen atoms in total. The van der Waals surface area contributed by atoms with E-state index in [2.05, 4.69) is 22.3 Å². The van der Waals surface area contributed by atoms with Gasteiger partial charge in [0.2, 0.25) is 0 Å². The van der Waals surface area contributed by atoms with Crippen molar-refractivity contribution in [1.82, 2.24) is 0 Å². The standard InChI is InChI=1S/C11H14N4/c1-2-8-7-13-10-6-4-3-5-9(10)11(8)14-15-12/h3-6,8,11,13H,2,7H2,1H3. The minimum Gasteiger partial charge on any atom is -0.385 e. The molecule has 2 unspecified atom stereocenters. The third-order valence-corrected chi connectivity index (χ3v) is 2.98. The van der Waals surface area contributed by atoms with Crippen LogP contribution < -0.4 is 5.32 Å². The topological polar surface area (TPSA) is 60.8 Å². The molecule has 1 heterocycles. The molecule has 2 atom stereocenters. The number of benzene rings is 1. The minimum absolute atomic E-state index is 0.0163. The Morgan fingerprint density at radius 2 is 2.33 bits per heavy atom. The summed E-state index contributed by atoms with van der Waals surface area (Å²) in [6.45, 7) is 3.01. The maximum Gasteiger partial charge on any atom is 0.0690 e. The van der Waals surface area contributed by atoms with E-state index in [1.807, 2.05) is 24.3 Å². The second kappa shape index (κ2) is 4.24. The minimum atomic E-state index is -0.0163. The third kappa shape index (κ3) is 1.76. The van der Waals surface area contributed by atoms with Crippen molar-refractivity contribution in [3.8, 4) is 0 Å². The van der Waals surface area contributed by atoms with Crippen LogP contribution in [0.2, 0.25) is 0 Å². The summed E-state index contributed by atoms with van der Waals surface area (Å²) in [5, 5.41) is 7.29. The smallest absolute Gasteiger partial charge is 0.0690 e. The molecule has 0 fully saturated rings. The maximum atomic E-state index is 8.60. The van der Waals surface area contributed by atoms with E-state index in [-0.39, 0.29) is 6.04 Å². The van der Waals surface area contributed by atoms with Crippen LogP contribution in [0.15, 0.2) is 29.4 Å². The van der Waals surface area contributed by atoms with Crippen LogP contribution in [0.5, 0.6) is 0 Å². The highest BCUT2D eigenvalue weighted by Gasteiger charge is 2.26. The van der Waals surface area contributed by atoms with E-state index < -0.39 is 0 Å². The molecular formula is C11H14N4. The number of hydrogen-bond acceptors (Lipinski definition) is 2. The van der Waals surface area contributed by atoms with E-state index in [4.69, 9.17) is 5.53 Å². The second-order valence-corrected chi connectivity index (χ2v) is 3.79. The number of anilines is 1. The Labute approximate surface area is 88.9 Å². The molecule has 2 rings (SSSR count). The molecule has 15 heavy (non-hydrogen) atoms. The predicted octanol–water partition coefficient (Wildman–Crippen LogP) is 3.49. The lowest BCUT2D eigenvalue weighted by Gasteiger charge is -2.30. The first-order valence-corrected chi connectivity index (χ1v) is 5.23. The van der Waals surface area contributed by atoms with Crippen LogP contribution >= 0.6 is 0 Å². The summed E-state index contributed by atoms with van der Waals surface area (Å²) >= 11 is 0. The molecule has 0 radical (unpaired) electrons. The van der Waals surface area contributed by atoms with E-state index >= 15 is 0 Å². The Morgan fingerprint density at radius 3 is 3.07 bits per heavy atom. The van der Waals surface area contributed by atoms with E-state index in [9.17, 15) is 0 Å². The Kier molecular flexibility index (Phi) is 2.79. The first-order valence-electron chi connectivity index (χ1n) is 5.23. The fraction of sp³-hybridized carbons (Fsp3) is 0.455. The molecule has 1 aromatic carbocycles. The van der Waals surface area contributed by atoms with Crippen LogP contribution in [-0.4, -0.2) is 6.54 Å². The largest absolute Gasteiger partial charge is 0.385 e. The van der Waals surface area contributed by atoms with Crippen LogP contribution in [0.25, 0.3) is 10.4 Å². The fourth-order valence-corrected chi connectivity index (χ4v) is 2.10. The SMILES string of the molecule is CCC1CNc2ccccc2C1N=[N+]=[N-]. The van der Waals surface area contributed by atoms with Gasteiger partial charge in [0, 0.05) is 17.1 Å². The summed E-state index contributed by atoms with van der Waals surface area (Å²) in [5.74, 6) is 0.399. The van der Waals surface area contributed by atoms with Gasteiger partial charge in [0.1, 0.15) is 0 Å². The van der Waals surface area contributed by atoms with Gasteiger partial charge in [0.15, 0.2) is 0 Å². The molecule has 1 N–H and O–H groups in total. The molecule has 0 spiro atoms. The summed E-state index contributed by atoms with van der Waals surface area (Å²) in [6, 6.07) is 8.02. The molecule has 0 saturated carbocycles. The van der Waals surface area contributed by atoms with E-state index in [1.54, 1.807) is 0 Å². The van der Waals surface area contributed by atoms with Crippen LogP contribution in [0.1, 0.15) is 24.9 Å². The maximum absolute atomic E-state index is 8.60. The van der Waals surface area contributed by atoms with Gasteiger partial charge < -0.3 is 5.32 Å². The lowest BCUT2D eigenvalue weighted by Crippen LogP contribution is -2.26. The molecule has 0 aromatic heterocycles. The summed E-state index contributed by atoms with van der Waals surface area (Å²) in [7, 11) is 0. The predicted molar refractivity (Wildman–Crippen MR) is 60.6 cm³/mol. The van der Waals surface area contributed by atoms with Gasteiger partial charge in [-0.3, -0.25) is 0 Å². The highest BCUT2D eigenvalue weighted by atomic mass is 15.2. The Hall–Kier alpha value is -1.67. The Morgan fingerprint density at radius 1 is 1.53 bits per heavy atom. The van der Waals surface area contributed by atoms with E-state index in [0.29, 0.717) is 5.92 Å². The molecule has 1 aromatic rings. The number of nitrogens with one attached hydrogen (secondary N) is 1. The van der Waals surface area contributed by atoms with Crippen LogP contribution in [0.3, 0.4) is 0 Å². The zero-order valence-corrected chi connectivity index (χ0v) is 8.72. The molecule has 4 heteroatoms. The van der Waals surface area contributed by atoms with E-state index in [1.165, 1.54) is 0 Å². The summed E-state index contributed by atoms with van der Waals surface area (Å²) in [4.78, 5) is 2.95. The number of fused-ring (bicyclic) bond motifs is 1. The fourth-order valence-electron chi connectivity index (χ4n) is 2.10. The van der Waals surface area contributed by atoms with Gasteiger partial charge in [-0.15, -0.1) is 0 Å². The summed E-state index contributed by atoms with van der Waals surface area (Å²) in [5.41, 5.74) is 10.8. The molecule has 0 bridgehead atoms. The van der Waals surface area contributed by atoms with Crippen LogP contribution in [0, 0.1) is 5.92 Å². The zero-order chi connectivity index (χ0) is 10.7.